The van der Waals surface area contributed by atoms with Gasteiger partial charge in [0.25, 0.3) is 0 Å². The molecular weight excluding hydrogens is 144 g/mol. The van der Waals surface area contributed by atoms with Gasteiger partial charge in [0.2, 0.25) is 0 Å². The average Bonchev–Trinajstić information content (AvgIpc) is 2.33. The van der Waals surface area contributed by atoms with Gasteiger partial charge >= 0.3 is 0 Å². The van der Waals surface area contributed by atoms with Gasteiger partial charge in [-0.15, -0.1) is 0 Å². The normalized spacial score (nSPS) is 38.2. The van der Waals surface area contributed by atoms with Crippen LogP contribution in [0.4, 0.5) is 0 Å². The summed E-state index contributed by atoms with van der Waals surface area (Å²) in [4.78, 5) is 0. The van der Waals surface area contributed by atoms with E-state index in [4.69, 9.17) is 12.2 Å². The lowest BCUT2D eigenvalue weighted by Gasteiger charge is -2.28. The van der Waals surface area contributed by atoms with Gasteiger partial charge in [-0.05, 0) is 31.0 Å². The van der Waals surface area contributed by atoms with Gasteiger partial charge in [-0.2, -0.15) is 0 Å². The van der Waals surface area contributed by atoms with Gasteiger partial charge in [0, 0.05) is 12.6 Å². The molecule has 2 atom stereocenters. The van der Waals surface area contributed by atoms with Crippen LogP contribution in [-0.2, 0) is 0 Å². The summed E-state index contributed by atoms with van der Waals surface area (Å²) in [5.41, 5.74) is 0. The number of hydrogen-bond donors (Lipinski definition) is 2. The topological polar surface area (TPSA) is 24.1 Å². The van der Waals surface area contributed by atoms with Crippen molar-refractivity contribution in [3.63, 3.8) is 0 Å². The predicted molar refractivity (Wildman–Crippen MR) is 44.9 cm³/mol. The Kier molecular flexibility index (Phi) is 1.52. The van der Waals surface area contributed by atoms with E-state index in [2.05, 4.69) is 10.6 Å². The summed E-state index contributed by atoms with van der Waals surface area (Å²) in [5.74, 6) is 0.840. The van der Waals surface area contributed by atoms with Crippen molar-refractivity contribution in [2.75, 3.05) is 6.54 Å². The van der Waals surface area contributed by atoms with Gasteiger partial charge in [-0.25, -0.2) is 0 Å². The van der Waals surface area contributed by atoms with Crippen LogP contribution in [0.3, 0.4) is 0 Å². The Bertz CT molecular complexity index is 158. The van der Waals surface area contributed by atoms with Crippen molar-refractivity contribution < 1.29 is 0 Å². The predicted octanol–water partition coefficient (Wildman–Crippen LogP) is 0.633. The molecule has 1 saturated carbocycles. The van der Waals surface area contributed by atoms with Gasteiger partial charge in [0.1, 0.15) is 0 Å². The van der Waals surface area contributed by atoms with Crippen molar-refractivity contribution in [2.45, 2.75) is 25.3 Å². The molecule has 1 aliphatic heterocycles. The number of rotatable bonds is 0. The van der Waals surface area contributed by atoms with E-state index in [1.807, 2.05) is 0 Å². The Morgan fingerprint density at radius 2 is 2.30 bits per heavy atom. The van der Waals surface area contributed by atoms with E-state index in [9.17, 15) is 0 Å². The lowest BCUT2D eigenvalue weighted by Crippen LogP contribution is -2.52. The quantitative estimate of drug-likeness (QED) is 0.503. The highest BCUT2D eigenvalue weighted by molar-refractivity contribution is 7.80. The maximum atomic E-state index is 5.01. The molecule has 0 aromatic rings. The summed E-state index contributed by atoms with van der Waals surface area (Å²) in [7, 11) is 0. The van der Waals surface area contributed by atoms with Gasteiger partial charge < -0.3 is 10.6 Å². The van der Waals surface area contributed by atoms with Crippen molar-refractivity contribution in [2.24, 2.45) is 5.92 Å². The van der Waals surface area contributed by atoms with Crippen LogP contribution in [-0.4, -0.2) is 17.7 Å². The second-order valence-electron chi connectivity index (χ2n) is 3.15. The molecule has 0 spiro atoms. The van der Waals surface area contributed by atoms with Crippen molar-refractivity contribution in [3.05, 3.63) is 0 Å². The van der Waals surface area contributed by atoms with Crippen molar-refractivity contribution in [3.8, 4) is 0 Å². The molecule has 1 heterocycles. The van der Waals surface area contributed by atoms with E-state index in [1.165, 1.54) is 19.3 Å². The van der Waals surface area contributed by atoms with Crippen molar-refractivity contribution in [1.29, 1.82) is 0 Å². The molecule has 2 N–H and O–H groups in total. The third kappa shape index (κ3) is 0.985. The third-order valence-corrected chi connectivity index (χ3v) is 2.76. The standard InChI is InChI=1S/C7H12N2S/c10-7-8-4-5-2-1-3-6(5)9-7/h5-6H,1-4H2,(H2,8,9,10). The summed E-state index contributed by atoms with van der Waals surface area (Å²) in [6, 6.07) is 0.689. The minimum absolute atomic E-state index is 0.689. The van der Waals surface area contributed by atoms with E-state index in [0.29, 0.717) is 6.04 Å². The molecule has 1 aliphatic carbocycles. The first-order chi connectivity index (χ1) is 4.86. The molecule has 2 nitrogen and oxygen atoms in total. The zero-order chi connectivity index (χ0) is 6.97. The largest absolute Gasteiger partial charge is 0.362 e. The fourth-order valence-corrected chi connectivity index (χ4v) is 2.15. The van der Waals surface area contributed by atoms with Crippen LogP contribution in [0.25, 0.3) is 0 Å². The molecule has 0 bridgehead atoms. The van der Waals surface area contributed by atoms with Crippen LogP contribution in [0, 0.1) is 5.92 Å². The summed E-state index contributed by atoms with van der Waals surface area (Å²) in [6.07, 6.45) is 4.05. The minimum atomic E-state index is 0.689. The van der Waals surface area contributed by atoms with Crippen LogP contribution >= 0.6 is 12.2 Å². The smallest absolute Gasteiger partial charge is 0.166 e. The first kappa shape index (κ1) is 6.40. The van der Waals surface area contributed by atoms with Crippen LogP contribution < -0.4 is 10.6 Å². The van der Waals surface area contributed by atoms with E-state index in [1.54, 1.807) is 0 Å². The maximum Gasteiger partial charge on any atom is 0.166 e. The highest BCUT2D eigenvalue weighted by Crippen LogP contribution is 2.26. The first-order valence-corrected chi connectivity index (χ1v) is 4.31. The second kappa shape index (κ2) is 2.38. The zero-order valence-electron chi connectivity index (χ0n) is 5.89. The summed E-state index contributed by atoms with van der Waals surface area (Å²) in [5, 5.41) is 7.32. The zero-order valence-corrected chi connectivity index (χ0v) is 6.71. The minimum Gasteiger partial charge on any atom is -0.362 e. The number of thiocarbonyl (C=S) groups is 1. The van der Waals surface area contributed by atoms with Gasteiger partial charge in [0.15, 0.2) is 5.11 Å². The fraction of sp³-hybridized carbons (Fsp3) is 0.857. The van der Waals surface area contributed by atoms with Crippen molar-refractivity contribution >= 4 is 17.3 Å². The average molecular weight is 156 g/mol. The lowest BCUT2D eigenvalue weighted by molar-refractivity contribution is 0.411. The summed E-state index contributed by atoms with van der Waals surface area (Å²) >= 11 is 5.01. The Morgan fingerprint density at radius 3 is 3.20 bits per heavy atom. The van der Waals surface area contributed by atoms with Gasteiger partial charge in [-0.3, -0.25) is 0 Å². The maximum absolute atomic E-state index is 5.01. The Balaban J connectivity index is 2.03. The molecule has 2 fully saturated rings. The van der Waals surface area contributed by atoms with Crippen LogP contribution in [0.15, 0.2) is 0 Å². The summed E-state index contributed by atoms with van der Waals surface area (Å²) < 4.78 is 0. The molecule has 2 rings (SSSR count). The fourth-order valence-electron chi connectivity index (χ4n) is 1.91. The van der Waals surface area contributed by atoms with Gasteiger partial charge in [0.05, 0.1) is 0 Å². The molecule has 0 radical (unpaired) electrons. The molecule has 1 saturated heterocycles. The van der Waals surface area contributed by atoms with Crippen LogP contribution in [0.5, 0.6) is 0 Å². The highest BCUT2D eigenvalue weighted by Gasteiger charge is 2.30. The van der Waals surface area contributed by atoms with E-state index < -0.39 is 0 Å². The molecule has 0 aromatic carbocycles. The monoisotopic (exact) mass is 156 g/mol. The second-order valence-corrected chi connectivity index (χ2v) is 3.56. The summed E-state index contributed by atoms with van der Waals surface area (Å²) in [6.45, 7) is 1.09. The van der Waals surface area contributed by atoms with Crippen molar-refractivity contribution in [1.82, 2.24) is 10.6 Å². The SMILES string of the molecule is S=C1NCC2CCCC2N1. The Labute approximate surface area is 66.4 Å². The van der Waals surface area contributed by atoms with E-state index in [0.717, 1.165) is 17.6 Å². The first-order valence-electron chi connectivity index (χ1n) is 3.90. The molecule has 3 heteroatoms. The molecular formula is C7H12N2S. The molecule has 2 unspecified atom stereocenters. The Hall–Kier alpha value is -0.310. The number of fused-ring (bicyclic) bond motifs is 1. The molecule has 56 valence electrons. The third-order valence-electron chi connectivity index (χ3n) is 2.50. The van der Waals surface area contributed by atoms with Crippen LogP contribution in [0.1, 0.15) is 19.3 Å². The molecule has 0 aromatic heterocycles. The molecule has 2 aliphatic rings. The lowest BCUT2D eigenvalue weighted by atomic mass is 10.0. The molecule has 0 amide bonds. The number of hydrogen-bond acceptors (Lipinski definition) is 1. The van der Waals surface area contributed by atoms with Crippen LogP contribution in [0.2, 0.25) is 0 Å². The van der Waals surface area contributed by atoms with Gasteiger partial charge in [-0.1, -0.05) is 6.42 Å². The Morgan fingerprint density at radius 1 is 1.40 bits per heavy atom. The van der Waals surface area contributed by atoms with E-state index >= 15 is 0 Å². The van der Waals surface area contributed by atoms with E-state index in [-0.39, 0.29) is 0 Å². The molecule has 10 heavy (non-hydrogen) atoms. The number of nitrogens with one attached hydrogen (secondary N) is 2. The highest BCUT2D eigenvalue weighted by atomic mass is 32.1.